The molecule has 2 rings (SSSR count). The highest BCUT2D eigenvalue weighted by atomic mass is 19.1. The van der Waals surface area contributed by atoms with Crippen LogP contribution < -0.4 is 10.2 Å². The first kappa shape index (κ1) is 12.0. The molecule has 0 aromatic heterocycles. The molecule has 1 N–H and O–H groups in total. The van der Waals surface area contributed by atoms with E-state index in [2.05, 4.69) is 5.32 Å². The predicted octanol–water partition coefficient (Wildman–Crippen LogP) is 1.79. The van der Waals surface area contributed by atoms with Crippen molar-refractivity contribution in [3.63, 3.8) is 0 Å². The van der Waals surface area contributed by atoms with Crippen LogP contribution in [0.5, 0.6) is 0 Å². The third-order valence-electron chi connectivity index (χ3n) is 3.17. The molecule has 1 heterocycles. The van der Waals surface area contributed by atoms with Gasteiger partial charge in [0.2, 0.25) is 5.91 Å². The molecule has 1 saturated heterocycles. The van der Waals surface area contributed by atoms with Crippen molar-refractivity contribution in [3.8, 4) is 0 Å². The third kappa shape index (κ3) is 2.82. The summed E-state index contributed by atoms with van der Waals surface area (Å²) in [6.07, 6.45) is 1.93. The average Bonchev–Trinajstić information content (AvgIpc) is 2.38. The highest BCUT2D eigenvalue weighted by molar-refractivity contribution is 5.94. The van der Waals surface area contributed by atoms with E-state index in [0.29, 0.717) is 5.69 Å². The van der Waals surface area contributed by atoms with Crippen LogP contribution in [0.25, 0.3) is 0 Å². The second-order valence-corrected chi connectivity index (χ2v) is 4.42. The Morgan fingerprint density at radius 1 is 1.53 bits per heavy atom. The standard InChI is InChI=1S/C13H17FN2O/c1-16(12-6-2-5-11(14)8-12)13(17)10-4-3-7-15-9-10/h2,5-6,8,10,15H,3-4,7,9H2,1H3/t10-/m0/s1. The molecule has 0 aliphatic carbocycles. The number of hydrogen-bond acceptors (Lipinski definition) is 2. The summed E-state index contributed by atoms with van der Waals surface area (Å²) >= 11 is 0. The van der Waals surface area contributed by atoms with E-state index < -0.39 is 0 Å². The molecule has 0 radical (unpaired) electrons. The van der Waals surface area contributed by atoms with E-state index in [-0.39, 0.29) is 17.6 Å². The Balaban J connectivity index is 2.08. The maximum Gasteiger partial charge on any atom is 0.231 e. The molecule has 1 aromatic carbocycles. The van der Waals surface area contributed by atoms with Gasteiger partial charge in [-0.2, -0.15) is 0 Å². The molecule has 0 bridgehead atoms. The number of amides is 1. The minimum Gasteiger partial charge on any atom is -0.316 e. The van der Waals surface area contributed by atoms with Crippen molar-refractivity contribution < 1.29 is 9.18 Å². The van der Waals surface area contributed by atoms with E-state index in [1.807, 2.05) is 0 Å². The van der Waals surface area contributed by atoms with E-state index in [1.165, 1.54) is 12.1 Å². The Hall–Kier alpha value is -1.42. The fourth-order valence-corrected chi connectivity index (χ4v) is 2.15. The summed E-state index contributed by atoms with van der Waals surface area (Å²) in [4.78, 5) is 13.7. The Morgan fingerprint density at radius 3 is 3.00 bits per heavy atom. The third-order valence-corrected chi connectivity index (χ3v) is 3.17. The van der Waals surface area contributed by atoms with E-state index in [1.54, 1.807) is 24.1 Å². The molecule has 3 nitrogen and oxygen atoms in total. The van der Waals surface area contributed by atoms with Crippen LogP contribution in [0.1, 0.15) is 12.8 Å². The number of carbonyl (C=O) groups is 1. The molecule has 17 heavy (non-hydrogen) atoms. The van der Waals surface area contributed by atoms with Crippen LogP contribution in [0.15, 0.2) is 24.3 Å². The number of nitrogens with one attached hydrogen (secondary N) is 1. The molecule has 1 atom stereocenters. The van der Waals surface area contributed by atoms with Gasteiger partial charge in [0.15, 0.2) is 0 Å². The number of benzene rings is 1. The largest absolute Gasteiger partial charge is 0.316 e. The quantitative estimate of drug-likeness (QED) is 0.849. The number of hydrogen-bond donors (Lipinski definition) is 1. The molecular formula is C13H17FN2O. The molecule has 0 saturated carbocycles. The summed E-state index contributed by atoms with van der Waals surface area (Å²) in [5.41, 5.74) is 0.612. The van der Waals surface area contributed by atoms with Crippen molar-refractivity contribution in [1.82, 2.24) is 5.32 Å². The molecule has 1 aliphatic heterocycles. The van der Waals surface area contributed by atoms with Gasteiger partial charge in [0.05, 0.1) is 5.92 Å². The maximum atomic E-state index is 13.1. The van der Waals surface area contributed by atoms with Gasteiger partial charge in [0.25, 0.3) is 0 Å². The van der Waals surface area contributed by atoms with E-state index in [0.717, 1.165) is 25.9 Å². The summed E-state index contributed by atoms with van der Waals surface area (Å²) in [6, 6.07) is 6.13. The zero-order chi connectivity index (χ0) is 12.3. The molecular weight excluding hydrogens is 219 g/mol. The van der Waals surface area contributed by atoms with E-state index in [4.69, 9.17) is 0 Å². The van der Waals surface area contributed by atoms with Crippen LogP contribution in [-0.2, 0) is 4.79 Å². The molecule has 0 unspecified atom stereocenters. The van der Waals surface area contributed by atoms with Crippen molar-refractivity contribution in [2.75, 3.05) is 25.0 Å². The first-order chi connectivity index (χ1) is 8.18. The van der Waals surface area contributed by atoms with Crippen LogP contribution in [0.2, 0.25) is 0 Å². The van der Waals surface area contributed by atoms with Gasteiger partial charge in [-0.05, 0) is 37.6 Å². The lowest BCUT2D eigenvalue weighted by atomic mass is 9.98. The fraction of sp³-hybridized carbons (Fsp3) is 0.462. The maximum absolute atomic E-state index is 13.1. The number of carbonyl (C=O) groups excluding carboxylic acids is 1. The summed E-state index contributed by atoms with van der Waals surface area (Å²) in [7, 11) is 1.70. The molecule has 0 spiro atoms. The van der Waals surface area contributed by atoms with Gasteiger partial charge < -0.3 is 10.2 Å². The Kier molecular flexibility index (Phi) is 3.74. The smallest absolute Gasteiger partial charge is 0.231 e. The number of nitrogens with zero attached hydrogens (tertiary/aromatic N) is 1. The Morgan fingerprint density at radius 2 is 2.35 bits per heavy atom. The second kappa shape index (κ2) is 5.27. The SMILES string of the molecule is CN(C(=O)[C@H]1CCCNC1)c1cccc(F)c1. The van der Waals surface area contributed by atoms with Gasteiger partial charge in [-0.15, -0.1) is 0 Å². The van der Waals surface area contributed by atoms with Gasteiger partial charge in [-0.25, -0.2) is 4.39 Å². The molecule has 1 aliphatic rings. The first-order valence-electron chi connectivity index (χ1n) is 5.92. The molecule has 4 heteroatoms. The summed E-state index contributed by atoms with van der Waals surface area (Å²) < 4.78 is 13.1. The van der Waals surface area contributed by atoms with Gasteiger partial charge in [-0.3, -0.25) is 4.79 Å². The monoisotopic (exact) mass is 236 g/mol. The second-order valence-electron chi connectivity index (χ2n) is 4.42. The van der Waals surface area contributed by atoms with Crippen molar-refractivity contribution >= 4 is 11.6 Å². The van der Waals surface area contributed by atoms with Crippen LogP contribution in [0, 0.1) is 11.7 Å². The average molecular weight is 236 g/mol. The fourth-order valence-electron chi connectivity index (χ4n) is 2.15. The van der Waals surface area contributed by atoms with Gasteiger partial charge in [0, 0.05) is 19.3 Å². The van der Waals surface area contributed by atoms with Gasteiger partial charge in [-0.1, -0.05) is 6.07 Å². The summed E-state index contributed by atoms with van der Waals surface area (Å²) in [6.45, 7) is 1.70. The van der Waals surface area contributed by atoms with Crippen LogP contribution in [-0.4, -0.2) is 26.0 Å². The zero-order valence-corrected chi connectivity index (χ0v) is 9.95. The lowest BCUT2D eigenvalue weighted by Gasteiger charge is -2.27. The minimum atomic E-state index is -0.316. The number of piperidine rings is 1. The highest BCUT2D eigenvalue weighted by Crippen LogP contribution is 2.19. The lowest BCUT2D eigenvalue weighted by Crippen LogP contribution is -2.41. The van der Waals surface area contributed by atoms with Crippen LogP contribution >= 0.6 is 0 Å². The van der Waals surface area contributed by atoms with Crippen molar-refractivity contribution in [2.45, 2.75) is 12.8 Å². The molecule has 1 amide bonds. The van der Waals surface area contributed by atoms with Crippen molar-refractivity contribution in [2.24, 2.45) is 5.92 Å². The van der Waals surface area contributed by atoms with Gasteiger partial charge >= 0.3 is 0 Å². The number of halogens is 1. The van der Waals surface area contributed by atoms with Crippen molar-refractivity contribution in [1.29, 1.82) is 0 Å². The first-order valence-corrected chi connectivity index (χ1v) is 5.92. The highest BCUT2D eigenvalue weighted by Gasteiger charge is 2.24. The Bertz CT molecular complexity index is 402. The van der Waals surface area contributed by atoms with E-state index >= 15 is 0 Å². The zero-order valence-electron chi connectivity index (χ0n) is 9.95. The number of anilines is 1. The number of rotatable bonds is 2. The lowest BCUT2D eigenvalue weighted by molar-refractivity contribution is -0.122. The van der Waals surface area contributed by atoms with Crippen LogP contribution in [0.3, 0.4) is 0 Å². The minimum absolute atomic E-state index is 0.0111. The predicted molar refractivity (Wildman–Crippen MR) is 65.4 cm³/mol. The Labute approximate surface area is 101 Å². The summed E-state index contributed by atoms with van der Waals surface area (Å²) in [5, 5.41) is 3.21. The van der Waals surface area contributed by atoms with Crippen LogP contribution in [0.4, 0.5) is 10.1 Å². The molecule has 92 valence electrons. The van der Waals surface area contributed by atoms with Crippen molar-refractivity contribution in [3.05, 3.63) is 30.1 Å². The molecule has 1 aromatic rings. The summed E-state index contributed by atoms with van der Waals surface area (Å²) in [5.74, 6) is -0.247. The topological polar surface area (TPSA) is 32.3 Å². The molecule has 1 fully saturated rings. The van der Waals surface area contributed by atoms with E-state index in [9.17, 15) is 9.18 Å². The normalized spacial score (nSPS) is 20.0. The van der Waals surface area contributed by atoms with Gasteiger partial charge in [0.1, 0.15) is 5.82 Å².